The lowest BCUT2D eigenvalue weighted by atomic mass is 10.1. The molecule has 0 radical (unpaired) electrons. The molecular formula is C19H17Cl2NO3. The quantitative estimate of drug-likeness (QED) is 0.696. The van der Waals surface area contributed by atoms with Gasteiger partial charge in [-0.05, 0) is 25.0 Å². The van der Waals surface area contributed by atoms with Gasteiger partial charge in [0.05, 0.1) is 17.2 Å². The standard InChI is InChI=1S/C19H17Cl2NO3/c1-23-16-7-5-12(4-6-13-14(20)10-22-11-15(13)21)17-18(16)25-19(24-17)8-2-3-9-19/h4-7,10-11H,2-3,8-9H2,1H3/b6-4+. The van der Waals surface area contributed by atoms with Crippen molar-refractivity contribution in [1.82, 2.24) is 4.98 Å². The van der Waals surface area contributed by atoms with E-state index in [0.29, 0.717) is 27.3 Å². The van der Waals surface area contributed by atoms with Gasteiger partial charge in [0.2, 0.25) is 5.75 Å². The van der Waals surface area contributed by atoms with Crippen molar-refractivity contribution in [3.8, 4) is 17.2 Å². The Balaban J connectivity index is 1.73. The topological polar surface area (TPSA) is 40.6 Å². The molecule has 1 spiro atoms. The SMILES string of the molecule is COc1ccc(/C=C/c2c(Cl)cncc2Cl)c2c1OC1(CCCC1)O2. The molecule has 0 bridgehead atoms. The largest absolute Gasteiger partial charge is 0.493 e. The minimum atomic E-state index is -0.550. The van der Waals surface area contributed by atoms with Gasteiger partial charge in [-0.25, -0.2) is 0 Å². The van der Waals surface area contributed by atoms with E-state index in [1.807, 2.05) is 24.3 Å². The Morgan fingerprint density at radius 3 is 2.40 bits per heavy atom. The first-order valence-electron chi connectivity index (χ1n) is 8.18. The van der Waals surface area contributed by atoms with E-state index in [4.69, 9.17) is 37.4 Å². The minimum Gasteiger partial charge on any atom is -0.493 e. The number of rotatable bonds is 3. The van der Waals surface area contributed by atoms with Gasteiger partial charge >= 0.3 is 0 Å². The molecular weight excluding hydrogens is 361 g/mol. The molecule has 130 valence electrons. The Kier molecular flexibility index (Phi) is 4.26. The zero-order valence-electron chi connectivity index (χ0n) is 13.7. The third kappa shape index (κ3) is 2.94. The molecule has 1 aliphatic heterocycles. The van der Waals surface area contributed by atoms with Gasteiger partial charge in [-0.1, -0.05) is 35.4 Å². The molecule has 0 N–H and O–H groups in total. The lowest BCUT2D eigenvalue weighted by molar-refractivity contribution is -0.0723. The fraction of sp³-hybridized carbons (Fsp3) is 0.316. The van der Waals surface area contributed by atoms with Crippen LogP contribution in [0.3, 0.4) is 0 Å². The van der Waals surface area contributed by atoms with Gasteiger partial charge in [-0.3, -0.25) is 4.98 Å². The first-order chi connectivity index (χ1) is 12.1. The predicted octanol–water partition coefficient (Wildman–Crippen LogP) is 5.61. The van der Waals surface area contributed by atoms with Crippen molar-refractivity contribution in [2.75, 3.05) is 7.11 Å². The fourth-order valence-corrected chi connectivity index (χ4v) is 3.81. The Labute approximate surface area is 156 Å². The third-order valence-corrected chi connectivity index (χ3v) is 5.19. The number of hydrogen-bond acceptors (Lipinski definition) is 4. The van der Waals surface area contributed by atoms with E-state index >= 15 is 0 Å². The summed E-state index contributed by atoms with van der Waals surface area (Å²) >= 11 is 12.4. The number of hydrogen-bond donors (Lipinski definition) is 0. The Bertz CT molecular complexity index is 825. The molecule has 4 nitrogen and oxygen atoms in total. The van der Waals surface area contributed by atoms with Crippen LogP contribution in [0, 0.1) is 0 Å². The summed E-state index contributed by atoms with van der Waals surface area (Å²) in [6.07, 6.45) is 10.9. The number of nitrogens with zero attached hydrogens (tertiary/aromatic N) is 1. The summed E-state index contributed by atoms with van der Waals surface area (Å²) in [4.78, 5) is 3.97. The summed E-state index contributed by atoms with van der Waals surface area (Å²) in [7, 11) is 1.63. The normalized spacial score (nSPS) is 17.6. The summed E-state index contributed by atoms with van der Waals surface area (Å²) in [6.45, 7) is 0. The van der Waals surface area contributed by atoms with E-state index in [1.165, 1.54) is 0 Å². The second-order valence-corrected chi connectivity index (χ2v) is 7.00. The van der Waals surface area contributed by atoms with Gasteiger partial charge < -0.3 is 14.2 Å². The van der Waals surface area contributed by atoms with E-state index in [0.717, 1.165) is 36.8 Å². The van der Waals surface area contributed by atoms with Crippen LogP contribution in [0.5, 0.6) is 17.2 Å². The Morgan fingerprint density at radius 2 is 1.72 bits per heavy atom. The van der Waals surface area contributed by atoms with Crippen LogP contribution >= 0.6 is 23.2 Å². The molecule has 2 aliphatic rings. The molecule has 1 saturated carbocycles. The van der Waals surface area contributed by atoms with Crippen LogP contribution in [0.25, 0.3) is 12.2 Å². The summed E-state index contributed by atoms with van der Waals surface area (Å²) < 4.78 is 17.9. The van der Waals surface area contributed by atoms with Crippen LogP contribution < -0.4 is 14.2 Å². The lowest BCUT2D eigenvalue weighted by Gasteiger charge is -2.21. The number of benzene rings is 1. The first-order valence-corrected chi connectivity index (χ1v) is 8.93. The van der Waals surface area contributed by atoms with Crippen LogP contribution in [0.15, 0.2) is 24.5 Å². The van der Waals surface area contributed by atoms with Crippen LogP contribution in [0.2, 0.25) is 10.0 Å². The lowest BCUT2D eigenvalue weighted by Crippen LogP contribution is -2.34. The van der Waals surface area contributed by atoms with Crippen LogP contribution in [-0.4, -0.2) is 17.9 Å². The highest BCUT2D eigenvalue weighted by Gasteiger charge is 2.46. The average Bonchev–Trinajstić information content (AvgIpc) is 3.21. The first kappa shape index (κ1) is 16.6. The molecule has 0 amide bonds. The average molecular weight is 378 g/mol. The Hall–Kier alpha value is -1.91. The van der Waals surface area contributed by atoms with Crippen molar-refractivity contribution in [3.05, 3.63) is 45.7 Å². The van der Waals surface area contributed by atoms with Crippen molar-refractivity contribution >= 4 is 35.4 Å². The molecule has 4 rings (SSSR count). The van der Waals surface area contributed by atoms with Crippen LogP contribution in [-0.2, 0) is 0 Å². The molecule has 2 heterocycles. The molecule has 0 atom stereocenters. The molecule has 1 aliphatic carbocycles. The van der Waals surface area contributed by atoms with Gasteiger partial charge in [0.1, 0.15) is 0 Å². The molecule has 25 heavy (non-hydrogen) atoms. The smallest absolute Gasteiger partial charge is 0.251 e. The van der Waals surface area contributed by atoms with Gasteiger partial charge in [0.15, 0.2) is 11.5 Å². The number of pyridine rings is 1. The van der Waals surface area contributed by atoms with E-state index in [1.54, 1.807) is 19.5 Å². The highest BCUT2D eigenvalue weighted by molar-refractivity contribution is 6.37. The van der Waals surface area contributed by atoms with Crippen LogP contribution in [0.4, 0.5) is 0 Å². The molecule has 1 aromatic heterocycles. The molecule has 6 heteroatoms. The summed E-state index contributed by atoms with van der Waals surface area (Å²) in [5.74, 6) is 1.50. The zero-order valence-corrected chi connectivity index (χ0v) is 15.2. The van der Waals surface area contributed by atoms with E-state index in [9.17, 15) is 0 Å². The van der Waals surface area contributed by atoms with E-state index < -0.39 is 5.79 Å². The second kappa shape index (κ2) is 6.43. The molecule has 0 saturated heterocycles. The number of aromatic nitrogens is 1. The molecule has 1 fully saturated rings. The van der Waals surface area contributed by atoms with Crippen molar-refractivity contribution in [2.24, 2.45) is 0 Å². The van der Waals surface area contributed by atoms with Crippen molar-refractivity contribution in [2.45, 2.75) is 31.5 Å². The van der Waals surface area contributed by atoms with E-state index in [2.05, 4.69) is 4.98 Å². The van der Waals surface area contributed by atoms with Crippen molar-refractivity contribution in [1.29, 1.82) is 0 Å². The fourth-order valence-electron chi connectivity index (χ4n) is 3.32. The maximum Gasteiger partial charge on any atom is 0.251 e. The van der Waals surface area contributed by atoms with Crippen molar-refractivity contribution in [3.63, 3.8) is 0 Å². The number of halogens is 2. The number of fused-ring (bicyclic) bond motifs is 1. The van der Waals surface area contributed by atoms with Gasteiger partial charge in [-0.15, -0.1) is 0 Å². The molecule has 1 aromatic carbocycles. The van der Waals surface area contributed by atoms with E-state index in [-0.39, 0.29) is 0 Å². The predicted molar refractivity (Wildman–Crippen MR) is 98.6 cm³/mol. The maximum atomic E-state index is 6.25. The number of ether oxygens (including phenoxy) is 3. The van der Waals surface area contributed by atoms with Gasteiger partial charge in [0, 0.05) is 36.4 Å². The minimum absolute atomic E-state index is 0.498. The molecule has 0 unspecified atom stereocenters. The number of methoxy groups -OCH3 is 1. The van der Waals surface area contributed by atoms with Gasteiger partial charge in [-0.2, -0.15) is 0 Å². The highest BCUT2D eigenvalue weighted by Crippen LogP contribution is 2.52. The third-order valence-electron chi connectivity index (χ3n) is 4.59. The molecule has 2 aromatic rings. The Morgan fingerprint density at radius 1 is 1.04 bits per heavy atom. The summed E-state index contributed by atoms with van der Waals surface area (Å²) in [5, 5.41) is 0.997. The summed E-state index contributed by atoms with van der Waals surface area (Å²) in [5.41, 5.74) is 1.61. The van der Waals surface area contributed by atoms with Crippen LogP contribution in [0.1, 0.15) is 36.8 Å². The maximum absolute atomic E-state index is 6.25. The second-order valence-electron chi connectivity index (χ2n) is 6.19. The van der Waals surface area contributed by atoms with Gasteiger partial charge in [0.25, 0.3) is 5.79 Å². The summed E-state index contributed by atoms with van der Waals surface area (Å²) in [6, 6.07) is 3.82. The monoisotopic (exact) mass is 377 g/mol. The highest BCUT2D eigenvalue weighted by atomic mass is 35.5. The van der Waals surface area contributed by atoms with Crippen molar-refractivity contribution < 1.29 is 14.2 Å². The zero-order chi connectivity index (χ0) is 17.4.